The molecule has 0 saturated carbocycles. The number of nitrogens with zero attached hydrogens (tertiary/aromatic N) is 1. The summed E-state index contributed by atoms with van der Waals surface area (Å²) in [4.78, 5) is 0. The van der Waals surface area contributed by atoms with Crippen LogP contribution >= 0.6 is 0 Å². The lowest BCUT2D eigenvalue weighted by Crippen LogP contribution is -2.30. The van der Waals surface area contributed by atoms with Gasteiger partial charge in [0.15, 0.2) is 6.20 Å². The normalized spacial score (nSPS) is 11.4. The Hall–Kier alpha value is -2.68. The van der Waals surface area contributed by atoms with E-state index in [1.165, 1.54) is 6.07 Å². The van der Waals surface area contributed by atoms with Gasteiger partial charge in [0.25, 0.3) is 0 Å². The molecule has 0 N–H and O–H groups in total. The topological polar surface area (TPSA) is 17.0 Å². The maximum Gasteiger partial charge on any atom is 0.216 e. The van der Waals surface area contributed by atoms with Crippen molar-refractivity contribution >= 4 is 21.9 Å². The predicted octanol–water partition coefficient (Wildman–Crippen LogP) is 4.53. The second kappa shape index (κ2) is 4.67. The van der Waals surface area contributed by atoms with Crippen molar-refractivity contribution < 1.29 is 13.4 Å². The van der Waals surface area contributed by atoms with Gasteiger partial charge in [-0.25, -0.2) is 8.96 Å². The van der Waals surface area contributed by atoms with Crippen LogP contribution in [-0.4, -0.2) is 0 Å². The Labute approximate surface area is 127 Å². The van der Waals surface area contributed by atoms with Crippen molar-refractivity contribution in [1.82, 2.24) is 0 Å². The molecule has 0 saturated heterocycles. The Kier molecular flexibility index (Phi) is 2.76. The number of fused-ring (bicyclic) bond motifs is 3. The first-order chi connectivity index (χ1) is 10.7. The highest BCUT2D eigenvalue weighted by Crippen LogP contribution is 2.37. The molecule has 4 aromatic rings. The first-order valence-corrected chi connectivity index (χ1v) is 7.22. The second-order valence-electron chi connectivity index (χ2n) is 5.55. The number of benzene rings is 2. The molecular weight excluding hydrogens is 277 g/mol. The quantitative estimate of drug-likeness (QED) is 0.471. The Morgan fingerprint density at radius 3 is 2.68 bits per heavy atom. The maximum atomic E-state index is 14.2. The van der Waals surface area contributed by atoms with Crippen LogP contribution in [0.2, 0.25) is 0 Å². The Morgan fingerprint density at radius 2 is 1.86 bits per heavy atom. The molecule has 0 atom stereocenters. The van der Waals surface area contributed by atoms with Crippen LogP contribution in [0.3, 0.4) is 0 Å². The summed E-state index contributed by atoms with van der Waals surface area (Å²) < 4.78 is 22.2. The van der Waals surface area contributed by atoms with Crippen LogP contribution in [0.25, 0.3) is 33.2 Å². The molecule has 2 heterocycles. The summed E-state index contributed by atoms with van der Waals surface area (Å²) in [5.41, 5.74) is 4.48. The Bertz CT molecular complexity index is 1020. The van der Waals surface area contributed by atoms with Gasteiger partial charge in [0.1, 0.15) is 24.0 Å². The fourth-order valence-electron chi connectivity index (χ4n) is 3.05. The maximum absolute atomic E-state index is 14.2. The van der Waals surface area contributed by atoms with Crippen LogP contribution in [0.1, 0.15) is 5.56 Å². The van der Waals surface area contributed by atoms with Gasteiger partial charge in [-0.3, -0.25) is 0 Å². The number of hydrogen-bond donors (Lipinski definition) is 0. The summed E-state index contributed by atoms with van der Waals surface area (Å²) in [6, 6.07) is 14.9. The van der Waals surface area contributed by atoms with Gasteiger partial charge in [-0.15, -0.1) is 0 Å². The van der Waals surface area contributed by atoms with Crippen molar-refractivity contribution in [3.05, 3.63) is 66.1 Å². The highest BCUT2D eigenvalue weighted by Gasteiger charge is 2.20. The molecule has 2 aromatic heterocycles. The van der Waals surface area contributed by atoms with Crippen molar-refractivity contribution in [1.29, 1.82) is 0 Å². The first-order valence-electron chi connectivity index (χ1n) is 7.22. The average molecular weight is 292 g/mol. The van der Waals surface area contributed by atoms with Crippen molar-refractivity contribution in [2.75, 3.05) is 0 Å². The molecule has 2 nitrogen and oxygen atoms in total. The molecule has 0 spiro atoms. The van der Waals surface area contributed by atoms with E-state index in [0.29, 0.717) is 11.0 Å². The molecule has 0 aliphatic carbocycles. The third-order valence-electron chi connectivity index (χ3n) is 4.13. The van der Waals surface area contributed by atoms with Crippen molar-refractivity contribution in [2.24, 2.45) is 7.05 Å². The lowest BCUT2D eigenvalue weighted by Gasteiger charge is -2.05. The molecular formula is C19H15FNO+. The van der Waals surface area contributed by atoms with Crippen LogP contribution in [0, 0.1) is 12.7 Å². The van der Waals surface area contributed by atoms with Crippen molar-refractivity contribution in [3.8, 4) is 11.3 Å². The van der Waals surface area contributed by atoms with Gasteiger partial charge in [-0.2, -0.15) is 0 Å². The molecule has 3 heteroatoms. The van der Waals surface area contributed by atoms with Crippen molar-refractivity contribution in [2.45, 2.75) is 6.92 Å². The molecule has 4 rings (SSSR count). The van der Waals surface area contributed by atoms with Gasteiger partial charge < -0.3 is 4.42 Å². The summed E-state index contributed by atoms with van der Waals surface area (Å²) in [6.07, 6.45) is 2.00. The minimum absolute atomic E-state index is 0.247. The van der Waals surface area contributed by atoms with Crippen LogP contribution < -0.4 is 4.57 Å². The number of aryl methyl sites for hydroxylation is 2. The Morgan fingerprint density at radius 1 is 1.00 bits per heavy atom. The van der Waals surface area contributed by atoms with E-state index < -0.39 is 0 Å². The lowest BCUT2D eigenvalue weighted by atomic mass is 10.0. The minimum Gasteiger partial charge on any atom is -0.455 e. The summed E-state index contributed by atoms with van der Waals surface area (Å²) in [5, 5.41) is 1.37. The third kappa shape index (κ3) is 1.75. The van der Waals surface area contributed by atoms with E-state index in [9.17, 15) is 4.39 Å². The molecule has 108 valence electrons. The monoisotopic (exact) mass is 292 g/mol. The first kappa shape index (κ1) is 13.0. The number of aromatic nitrogens is 1. The molecule has 0 bridgehead atoms. The van der Waals surface area contributed by atoms with E-state index in [-0.39, 0.29) is 5.82 Å². The molecule has 0 radical (unpaired) electrons. The molecule has 0 aliphatic rings. The van der Waals surface area contributed by atoms with E-state index in [4.69, 9.17) is 4.42 Å². The fraction of sp³-hybridized carbons (Fsp3) is 0.105. The number of pyridine rings is 1. The molecule has 2 aromatic carbocycles. The van der Waals surface area contributed by atoms with Gasteiger partial charge in [-0.1, -0.05) is 18.2 Å². The number of hydrogen-bond acceptors (Lipinski definition) is 1. The van der Waals surface area contributed by atoms with Gasteiger partial charge in [0.05, 0.1) is 10.9 Å². The van der Waals surface area contributed by atoms with E-state index in [1.807, 2.05) is 61.1 Å². The smallest absolute Gasteiger partial charge is 0.216 e. The Balaban J connectivity index is 2.19. The number of furan rings is 1. The average Bonchev–Trinajstić information content (AvgIpc) is 2.88. The predicted molar refractivity (Wildman–Crippen MR) is 85.0 cm³/mol. The van der Waals surface area contributed by atoms with E-state index in [2.05, 4.69) is 0 Å². The van der Waals surface area contributed by atoms with Crippen LogP contribution in [-0.2, 0) is 7.05 Å². The summed E-state index contributed by atoms with van der Waals surface area (Å²) in [6.45, 7) is 2.05. The van der Waals surface area contributed by atoms with Crippen LogP contribution in [0.4, 0.5) is 4.39 Å². The molecule has 0 unspecified atom stereocenters. The highest BCUT2D eigenvalue weighted by atomic mass is 19.1. The zero-order chi connectivity index (χ0) is 15.3. The molecule has 0 fully saturated rings. The fourth-order valence-corrected chi connectivity index (χ4v) is 3.05. The summed E-state index contributed by atoms with van der Waals surface area (Å²) in [7, 11) is 2.00. The van der Waals surface area contributed by atoms with E-state index in [0.717, 1.165) is 27.8 Å². The molecule has 0 aliphatic heterocycles. The highest BCUT2D eigenvalue weighted by molar-refractivity contribution is 6.09. The number of halogens is 1. The lowest BCUT2D eigenvalue weighted by molar-refractivity contribution is -0.660. The van der Waals surface area contributed by atoms with E-state index >= 15 is 0 Å². The number of rotatable bonds is 1. The van der Waals surface area contributed by atoms with Crippen molar-refractivity contribution in [3.63, 3.8) is 0 Å². The van der Waals surface area contributed by atoms with Crippen LogP contribution in [0.5, 0.6) is 0 Å². The standard InChI is InChI=1S/C19H15FNO/c1-12-9-10-13-18-14(20)6-5-8-16(18)22-19(13)17(12)15-7-3-4-11-21(15)2/h3-11H,1-2H3/q+1. The van der Waals surface area contributed by atoms with Gasteiger partial charge in [0.2, 0.25) is 5.69 Å². The summed E-state index contributed by atoms with van der Waals surface area (Å²) in [5.74, 6) is -0.247. The van der Waals surface area contributed by atoms with Gasteiger partial charge >= 0.3 is 0 Å². The zero-order valence-electron chi connectivity index (χ0n) is 12.4. The SMILES string of the molecule is Cc1ccc2c(oc3cccc(F)c32)c1-c1cccc[n+]1C. The molecule has 22 heavy (non-hydrogen) atoms. The van der Waals surface area contributed by atoms with E-state index in [1.54, 1.807) is 6.07 Å². The minimum atomic E-state index is -0.247. The second-order valence-corrected chi connectivity index (χ2v) is 5.55. The zero-order valence-corrected chi connectivity index (χ0v) is 12.4. The largest absolute Gasteiger partial charge is 0.455 e. The van der Waals surface area contributed by atoms with Gasteiger partial charge in [-0.05, 0) is 30.7 Å². The summed E-state index contributed by atoms with van der Waals surface area (Å²) >= 11 is 0. The van der Waals surface area contributed by atoms with Crippen LogP contribution in [0.15, 0.2) is 59.1 Å². The van der Waals surface area contributed by atoms with Gasteiger partial charge in [0, 0.05) is 17.5 Å². The third-order valence-corrected chi connectivity index (χ3v) is 4.13. The molecule has 0 amide bonds.